The summed E-state index contributed by atoms with van der Waals surface area (Å²) in [7, 11) is 0. The Labute approximate surface area is 160 Å². The summed E-state index contributed by atoms with van der Waals surface area (Å²) >= 11 is 6.34. The highest BCUT2D eigenvalue weighted by Gasteiger charge is 2.42. The number of aliphatic hydroxyl groups excluding tert-OH is 3. The van der Waals surface area contributed by atoms with E-state index >= 15 is 0 Å². The van der Waals surface area contributed by atoms with E-state index in [2.05, 4.69) is 20.3 Å². The van der Waals surface area contributed by atoms with Crippen molar-refractivity contribution in [2.75, 3.05) is 17.7 Å². The Morgan fingerprint density at radius 2 is 2.11 bits per heavy atom. The van der Waals surface area contributed by atoms with Crippen molar-refractivity contribution in [2.24, 2.45) is 5.92 Å². The second-order valence-electron chi connectivity index (χ2n) is 6.82. The number of rotatable bonds is 4. The molecule has 144 valence electrons. The van der Waals surface area contributed by atoms with Gasteiger partial charge in [-0.05, 0) is 12.5 Å². The number of aliphatic hydroxyl groups is 3. The lowest BCUT2D eigenvalue weighted by Gasteiger charge is -2.22. The van der Waals surface area contributed by atoms with Crippen molar-refractivity contribution in [3.05, 3.63) is 34.6 Å². The second kappa shape index (κ2) is 7.08. The van der Waals surface area contributed by atoms with Crippen LogP contribution in [0, 0.1) is 5.92 Å². The molecule has 2 aliphatic rings. The number of ether oxygens (including phenoxy) is 1. The molecule has 0 saturated heterocycles. The molecule has 0 spiro atoms. The predicted octanol–water partition coefficient (Wildman–Crippen LogP) is 0.298. The van der Waals surface area contributed by atoms with Gasteiger partial charge in [-0.2, -0.15) is 4.98 Å². The molecule has 2 aromatic heterocycles. The van der Waals surface area contributed by atoms with Crippen LogP contribution in [0.4, 0.5) is 11.8 Å². The van der Waals surface area contributed by atoms with Gasteiger partial charge in [0, 0.05) is 30.7 Å². The molecule has 1 saturated carbocycles. The summed E-state index contributed by atoms with van der Waals surface area (Å²) in [5.74, 6) is 0.413. The molecule has 0 amide bonds. The van der Waals surface area contributed by atoms with E-state index in [4.69, 9.17) is 22.1 Å². The van der Waals surface area contributed by atoms with Crippen LogP contribution in [0.25, 0.3) is 0 Å². The second-order valence-corrected chi connectivity index (χ2v) is 7.18. The van der Waals surface area contributed by atoms with Crippen LogP contribution in [0.1, 0.15) is 23.7 Å². The molecule has 1 aliphatic heterocycles. The first-order chi connectivity index (χ1) is 13.0. The Bertz CT molecular complexity index is 829. The van der Waals surface area contributed by atoms with Gasteiger partial charge in [0.25, 0.3) is 0 Å². The smallest absolute Gasteiger partial charge is 0.223 e. The van der Waals surface area contributed by atoms with Gasteiger partial charge in [-0.3, -0.25) is 0 Å². The molecule has 5 atom stereocenters. The lowest BCUT2D eigenvalue weighted by molar-refractivity contribution is 0.00444. The van der Waals surface area contributed by atoms with E-state index in [1.54, 1.807) is 6.20 Å². The van der Waals surface area contributed by atoms with Crippen molar-refractivity contribution in [3.8, 4) is 5.88 Å². The van der Waals surface area contributed by atoms with Crippen molar-refractivity contribution in [1.82, 2.24) is 15.0 Å². The summed E-state index contributed by atoms with van der Waals surface area (Å²) in [6.45, 7) is -0.220. The topological polar surface area (TPSA) is 147 Å². The maximum atomic E-state index is 10.3. The van der Waals surface area contributed by atoms with Crippen molar-refractivity contribution >= 4 is 23.4 Å². The van der Waals surface area contributed by atoms with Crippen LogP contribution in [0.5, 0.6) is 5.88 Å². The van der Waals surface area contributed by atoms with Gasteiger partial charge in [-0.25, -0.2) is 9.97 Å². The minimum absolute atomic E-state index is 0.0216. The maximum absolute atomic E-state index is 10.3. The molecule has 9 nitrogen and oxygen atoms in total. The average Bonchev–Trinajstić information content (AvgIpc) is 3.17. The number of nitrogens with zero attached hydrogens (tertiary/aromatic N) is 3. The lowest BCUT2D eigenvalue weighted by atomic mass is 10.1. The molecule has 0 radical (unpaired) electrons. The van der Waals surface area contributed by atoms with E-state index in [-0.39, 0.29) is 17.7 Å². The Balaban J connectivity index is 1.64. The molecule has 0 bridgehead atoms. The van der Waals surface area contributed by atoms with Gasteiger partial charge < -0.3 is 31.1 Å². The highest BCUT2D eigenvalue weighted by atomic mass is 35.5. The average molecular weight is 394 g/mol. The number of nitrogens with one attached hydrogen (secondary N) is 1. The molecule has 3 heterocycles. The van der Waals surface area contributed by atoms with Crippen LogP contribution in [0.3, 0.4) is 0 Å². The zero-order valence-corrected chi connectivity index (χ0v) is 15.0. The third-order valence-corrected chi connectivity index (χ3v) is 5.39. The molecule has 27 heavy (non-hydrogen) atoms. The summed E-state index contributed by atoms with van der Waals surface area (Å²) < 4.78 is 5.90. The van der Waals surface area contributed by atoms with E-state index < -0.39 is 30.3 Å². The van der Waals surface area contributed by atoms with Gasteiger partial charge in [0.1, 0.15) is 23.2 Å². The number of halogens is 1. The molecule has 1 aliphatic carbocycles. The van der Waals surface area contributed by atoms with Crippen LogP contribution in [0.15, 0.2) is 18.3 Å². The lowest BCUT2D eigenvalue weighted by Crippen LogP contribution is -2.36. The van der Waals surface area contributed by atoms with Gasteiger partial charge in [-0.1, -0.05) is 17.7 Å². The highest BCUT2D eigenvalue weighted by Crippen LogP contribution is 2.41. The third-order valence-electron chi connectivity index (χ3n) is 5.11. The zero-order valence-electron chi connectivity index (χ0n) is 14.3. The highest BCUT2D eigenvalue weighted by molar-refractivity contribution is 6.30. The fourth-order valence-corrected chi connectivity index (χ4v) is 4.00. The summed E-state index contributed by atoms with van der Waals surface area (Å²) in [5.41, 5.74) is 7.20. The Kier molecular flexibility index (Phi) is 4.77. The number of fused-ring (bicyclic) bond motifs is 1. The monoisotopic (exact) mass is 393 g/mol. The summed E-state index contributed by atoms with van der Waals surface area (Å²) in [6.07, 6.45) is 0.0116. The fraction of sp³-hybridized carbons (Fsp3) is 0.471. The minimum Gasteiger partial charge on any atom is -0.469 e. The summed E-state index contributed by atoms with van der Waals surface area (Å²) in [4.78, 5) is 12.5. The molecular formula is C17H20ClN5O4. The van der Waals surface area contributed by atoms with E-state index in [0.29, 0.717) is 30.1 Å². The number of anilines is 2. The molecule has 10 heteroatoms. The number of aromatic nitrogens is 3. The van der Waals surface area contributed by atoms with Crippen molar-refractivity contribution in [1.29, 1.82) is 0 Å². The first-order valence-corrected chi connectivity index (χ1v) is 9.02. The van der Waals surface area contributed by atoms with E-state index in [1.165, 1.54) is 0 Å². The zero-order chi connectivity index (χ0) is 19.1. The molecule has 6 N–H and O–H groups in total. The van der Waals surface area contributed by atoms with E-state index in [9.17, 15) is 15.3 Å². The molecule has 4 rings (SSSR count). The molecule has 1 unspecified atom stereocenters. The van der Waals surface area contributed by atoms with Crippen LogP contribution in [-0.2, 0) is 6.42 Å². The van der Waals surface area contributed by atoms with Crippen LogP contribution >= 0.6 is 11.6 Å². The van der Waals surface area contributed by atoms with Crippen LogP contribution in [0.2, 0.25) is 5.15 Å². The van der Waals surface area contributed by atoms with Gasteiger partial charge >= 0.3 is 0 Å². The molecular weight excluding hydrogens is 374 g/mol. The normalized spacial score (nSPS) is 29.4. The molecule has 2 aromatic rings. The van der Waals surface area contributed by atoms with Crippen molar-refractivity contribution in [2.45, 2.75) is 37.2 Å². The number of nitrogen functional groups attached to an aromatic ring is 1. The van der Waals surface area contributed by atoms with Gasteiger partial charge in [-0.15, -0.1) is 0 Å². The maximum Gasteiger partial charge on any atom is 0.223 e. The number of pyridine rings is 1. The molecule has 1 fully saturated rings. The standard InChI is InChI=1S/C17H20ClN5O4/c18-14-11(10-5-7-2-1-3-20-16(7)27-10)15(23-17(19)22-14)21-9-4-8(6-24)12(25)13(9)26/h1-3,8-10,12-13,24-26H,4-6H2,(H3,19,21,22,23)/t8-,9-,10?,12-,13+/m1/s1. The number of nitrogens with two attached hydrogens (primary N) is 1. The summed E-state index contributed by atoms with van der Waals surface area (Å²) in [5, 5.41) is 32.9. The minimum atomic E-state index is -1.06. The third kappa shape index (κ3) is 3.27. The fourth-order valence-electron chi connectivity index (χ4n) is 3.70. The van der Waals surface area contributed by atoms with E-state index in [0.717, 1.165) is 5.56 Å². The first-order valence-electron chi connectivity index (χ1n) is 8.65. The van der Waals surface area contributed by atoms with Gasteiger partial charge in [0.2, 0.25) is 11.8 Å². The van der Waals surface area contributed by atoms with Crippen molar-refractivity contribution < 1.29 is 20.1 Å². The number of hydrogen-bond donors (Lipinski definition) is 5. The van der Waals surface area contributed by atoms with E-state index in [1.807, 2.05) is 12.1 Å². The molecule has 0 aromatic carbocycles. The SMILES string of the molecule is Nc1nc(Cl)c(C2Cc3cccnc3O2)c(N[C@@H]2C[C@H](CO)[C@@H](O)[C@H]2O)n1. The Hall–Kier alpha value is -2.20. The van der Waals surface area contributed by atoms with Crippen LogP contribution in [-0.4, -0.2) is 55.1 Å². The Morgan fingerprint density at radius 3 is 2.81 bits per heavy atom. The van der Waals surface area contributed by atoms with Gasteiger partial charge in [0.15, 0.2) is 0 Å². The van der Waals surface area contributed by atoms with Gasteiger partial charge in [0.05, 0.1) is 17.7 Å². The first kappa shape index (κ1) is 18.2. The Morgan fingerprint density at radius 1 is 1.30 bits per heavy atom. The van der Waals surface area contributed by atoms with Crippen molar-refractivity contribution in [3.63, 3.8) is 0 Å². The van der Waals surface area contributed by atoms with Crippen LogP contribution < -0.4 is 15.8 Å². The number of hydrogen-bond acceptors (Lipinski definition) is 9. The summed E-state index contributed by atoms with van der Waals surface area (Å²) in [6, 6.07) is 3.23. The quantitative estimate of drug-likeness (QED) is 0.462. The predicted molar refractivity (Wildman–Crippen MR) is 97.4 cm³/mol. The largest absolute Gasteiger partial charge is 0.469 e.